The molecule has 3 rings (SSSR count). The molecular formula is C25H24FIN3O3PS. The van der Waals surface area contributed by atoms with E-state index in [0.29, 0.717) is 23.6 Å². The molecule has 0 saturated heterocycles. The first-order valence-electron chi connectivity index (χ1n) is 10.6. The van der Waals surface area contributed by atoms with Gasteiger partial charge in [-0.15, -0.1) is 6.42 Å². The molecule has 1 aromatic carbocycles. The van der Waals surface area contributed by atoms with E-state index in [0.717, 1.165) is 22.3 Å². The number of halogens is 2. The molecule has 0 saturated carbocycles. The second-order valence-corrected chi connectivity index (χ2v) is 15.2. The van der Waals surface area contributed by atoms with E-state index in [-0.39, 0.29) is 30.6 Å². The Morgan fingerprint density at radius 2 is 2.11 bits per heavy atom. The van der Waals surface area contributed by atoms with Crippen LogP contribution in [0.5, 0.6) is 0 Å². The van der Waals surface area contributed by atoms with Gasteiger partial charge in [0.05, 0.1) is 18.7 Å². The quantitative estimate of drug-likeness (QED) is 0.249. The highest BCUT2D eigenvalue weighted by atomic mass is 127. The summed E-state index contributed by atoms with van der Waals surface area (Å²) in [4.78, 5) is 31.5. The Bertz CT molecular complexity index is 1200. The lowest BCUT2D eigenvalue weighted by Gasteiger charge is -2.17. The van der Waals surface area contributed by atoms with E-state index in [2.05, 4.69) is 33.3 Å². The number of aromatic nitrogens is 1. The summed E-state index contributed by atoms with van der Waals surface area (Å²) >= 11 is 3.63. The van der Waals surface area contributed by atoms with Crippen molar-refractivity contribution in [2.75, 3.05) is 27.2 Å². The number of hydrogen-bond acceptors (Lipinski definition) is 5. The predicted molar refractivity (Wildman–Crippen MR) is 149 cm³/mol. The Hall–Kier alpha value is -2.25. The van der Waals surface area contributed by atoms with Crippen LogP contribution in [0, 0.1) is 18.2 Å². The van der Waals surface area contributed by atoms with Gasteiger partial charge in [-0.25, -0.2) is 4.39 Å². The Labute approximate surface area is 222 Å². The Morgan fingerprint density at radius 3 is 2.80 bits per heavy atom. The molecule has 182 valence electrons. The predicted octanol–water partition coefficient (Wildman–Crippen LogP) is 5.19. The fourth-order valence-electron chi connectivity index (χ4n) is 3.36. The third kappa shape index (κ3) is 7.87. The maximum atomic E-state index is 13.4. The summed E-state index contributed by atoms with van der Waals surface area (Å²) in [6.45, 7) is 0.462. The van der Waals surface area contributed by atoms with Crippen molar-refractivity contribution >= 4 is 60.7 Å². The summed E-state index contributed by atoms with van der Waals surface area (Å²) < 4.78 is 18.8. The van der Waals surface area contributed by atoms with Crippen molar-refractivity contribution in [2.45, 2.75) is 12.8 Å². The third-order valence-corrected chi connectivity index (χ3v) is 10.5. The van der Waals surface area contributed by atoms with Crippen LogP contribution in [0.1, 0.15) is 28.8 Å². The minimum Gasteiger partial charge on any atom is -0.345 e. The maximum Gasteiger partial charge on any atom is 0.247 e. The van der Waals surface area contributed by atoms with Gasteiger partial charge < -0.3 is 14.7 Å². The number of hydrogen-bond donors (Lipinski definition) is 1. The summed E-state index contributed by atoms with van der Waals surface area (Å²) in [6, 6.07) is 8.30. The first-order valence-corrected chi connectivity index (χ1v) is 16.1. The summed E-state index contributed by atoms with van der Waals surface area (Å²) in [5, 5.41) is 2.70. The molecule has 0 bridgehead atoms. The van der Waals surface area contributed by atoms with Gasteiger partial charge >= 0.3 is 0 Å². The maximum absolute atomic E-state index is 13.4. The molecule has 1 aromatic heterocycles. The number of fused-ring (bicyclic) bond motifs is 1. The Morgan fingerprint density at radius 1 is 1.37 bits per heavy atom. The zero-order chi connectivity index (χ0) is 25.4. The van der Waals surface area contributed by atoms with Gasteiger partial charge in [0.2, 0.25) is 11.8 Å². The molecule has 35 heavy (non-hydrogen) atoms. The number of pyridine rings is 1. The van der Waals surface area contributed by atoms with Crippen molar-refractivity contribution in [1.29, 1.82) is 0 Å². The minimum absolute atomic E-state index is 0.0829. The van der Waals surface area contributed by atoms with E-state index in [1.165, 1.54) is 23.5 Å². The lowest BCUT2D eigenvalue weighted by molar-refractivity contribution is -0.124. The summed E-state index contributed by atoms with van der Waals surface area (Å²) in [6.07, 6.45) is 11.1. The normalized spacial score (nSPS) is 17.5. The highest BCUT2D eigenvalue weighted by Crippen LogP contribution is 2.63. The van der Waals surface area contributed by atoms with E-state index >= 15 is 0 Å². The highest BCUT2D eigenvalue weighted by molar-refractivity contribution is 14.2. The number of nitrogens with zero attached hydrogens (tertiary/aromatic N) is 2. The smallest absolute Gasteiger partial charge is 0.247 e. The zero-order valence-corrected chi connectivity index (χ0v) is 23.1. The van der Waals surface area contributed by atoms with E-state index in [9.17, 15) is 14.0 Å². The van der Waals surface area contributed by atoms with Gasteiger partial charge in [-0.2, -0.15) is 0 Å². The molecule has 1 aliphatic heterocycles. The Balaban J connectivity index is 2.10. The molecule has 1 aliphatic rings. The van der Waals surface area contributed by atoms with Gasteiger partial charge in [0.25, 0.3) is 0 Å². The van der Waals surface area contributed by atoms with Crippen molar-refractivity contribution in [2.24, 2.45) is 0 Å². The van der Waals surface area contributed by atoms with Crippen LogP contribution < -0.4 is 5.32 Å². The van der Waals surface area contributed by atoms with Crippen molar-refractivity contribution in [3.8, 4) is 12.3 Å². The van der Waals surface area contributed by atoms with Gasteiger partial charge in [-0.1, -0.05) is 35.5 Å². The summed E-state index contributed by atoms with van der Waals surface area (Å²) in [5.41, 5.74) is 3.95. The van der Waals surface area contributed by atoms with Crippen LogP contribution in [-0.4, -0.2) is 48.9 Å². The average molecular weight is 623 g/mol. The highest BCUT2D eigenvalue weighted by Gasteiger charge is 2.23. The largest absolute Gasteiger partial charge is 0.345 e. The fourth-order valence-corrected chi connectivity index (χ4v) is 7.00. The summed E-state index contributed by atoms with van der Waals surface area (Å²) in [5.74, 6) is 1.73. The van der Waals surface area contributed by atoms with Gasteiger partial charge in [-0.05, 0) is 63.4 Å². The lowest BCUT2D eigenvalue weighted by atomic mass is 9.96. The second-order valence-electron chi connectivity index (χ2n) is 7.64. The lowest BCUT2D eigenvalue weighted by Crippen LogP contribution is -2.25. The van der Waals surface area contributed by atoms with Gasteiger partial charge in [0.15, 0.2) is 4.99 Å². The van der Waals surface area contributed by atoms with E-state index in [1.54, 1.807) is 43.5 Å². The number of terminal acetylenes is 1. The first kappa shape index (κ1) is 27.3. The van der Waals surface area contributed by atoms with Crippen molar-refractivity contribution < 1.29 is 18.5 Å². The minimum atomic E-state index is -0.927. The van der Waals surface area contributed by atoms with Crippen LogP contribution in [0.15, 0.2) is 48.7 Å². The standard InChI is InChI=1S/C25H24FIN3O3PS/c1-4-10-28-23(31)14-19-9-11-30(2)24(32)15-22(35-34(27)33-3)25-21(19)13-18(16-29-25)12-17-5-7-20(26)8-6-17/h1,5-9,13,15-16H,10-12,14H2,2-3H3,(H,28,31)/b19-9+,22-15-. The topological polar surface area (TPSA) is 71.5 Å². The molecule has 0 spiro atoms. The fraction of sp³-hybridized carbons (Fsp3) is 0.240. The third-order valence-electron chi connectivity index (χ3n) is 5.14. The zero-order valence-electron chi connectivity index (χ0n) is 19.3. The van der Waals surface area contributed by atoms with E-state index in [4.69, 9.17) is 15.9 Å². The van der Waals surface area contributed by atoms with Crippen LogP contribution in [0.4, 0.5) is 4.39 Å². The summed E-state index contributed by atoms with van der Waals surface area (Å²) in [7, 11) is 3.33. The second kappa shape index (κ2) is 13.2. The van der Waals surface area contributed by atoms with Gasteiger partial charge in [-0.3, -0.25) is 14.6 Å². The van der Waals surface area contributed by atoms with Gasteiger partial charge in [0, 0.05) is 43.4 Å². The van der Waals surface area contributed by atoms with Crippen molar-refractivity contribution in [3.05, 3.63) is 76.9 Å². The van der Waals surface area contributed by atoms with Crippen molar-refractivity contribution in [1.82, 2.24) is 15.2 Å². The first-order chi connectivity index (χ1) is 16.8. The van der Waals surface area contributed by atoms with Crippen LogP contribution in [0.25, 0.3) is 10.5 Å². The molecule has 1 unspecified atom stereocenters. The molecule has 1 N–H and O–H groups in total. The number of carbonyl (C=O) groups excluding carboxylic acids is 2. The van der Waals surface area contributed by atoms with E-state index < -0.39 is 4.99 Å². The molecule has 6 nitrogen and oxygen atoms in total. The molecular weight excluding hydrogens is 599 g/mol. The molecule has 2 heterocycles. The number of nitrogens with one attached hydrogen (secondary N) is 1. The number of benzene rings is 1. The molecule has 2 aromatic rings. The van der Waals surface area contributed by atoms with Crippen molar-refractivity contribution in [3.63, 3.8) is 0 Å². The number of rotatable bonds is 8. The van der Waals surface area contributed by atoms with E-state index in [1.807, 2.05) is 12.1 Å². The van der Waals surface area contributed by atoms with Crippen LogP contribution in [0.3, 0.4) is 0 Å². The molecule has 0 aliphatic carbocycles. The number of carbonyl (C=O) groups is 2. The molecule has 0 radical (unpaired) electrons. The van der Waals surface area contributed by atoms with Gasteiger partial charge in [0.1, 0.15) is 5.82 Å². The van der Waals surface area contributed by atoms with Crippen LogP contribution in [0.2, 0.25) is 0 Å². The monoisotopic (exact) mass is 623 g/mol. The molecule has 1 atom stereocenters. The van der Waals surface area contributed by atoms with Crippen LogP contribution in [-0.2, 0) is 20.5 Å². The van der Waals surface area contributed by atoms with Crippen LogP contribution >= 0.6 is 38.4 Å². The number of amides is 2. The number of likely N-dealkylation sites (N-methyl/N-ethyl adjacent to an activating group) is 1. The average Bonchev–Trinajstić information content (AvgIpc) is 2.89. The Kier molecular flexibility index (Phi) is 10.3. The molecule has 0 fully saturated rings. The molecule has 2 amide bonds. The SMILES string of the molecule is C#CCNC(=O)C/C1=C\CN(C)C(=O)/C=C(\SP(I)OC)c2ncc(Cc3ccc(F)cc3)cc21. The molecule has 10 heteroatoms.